The molecule has 2 N–H and O–H groups in total. The van der Waals surface area contributed by atoms with Crippen molar-refractivity contribution in [2.45, 2.75) is 36.8 Å². The molecule has 0 unspecified atom stereocenters. The van der Waals surface area contributed by atoms with Crippen LogP contribution in [0.5, 0.6) is 5.88 Å². The van der Waals surface area contributed by atoms with Crippen molar-refractivity contribution >= 4 is 6.03 Å². The fourth-order valence-corrected chi connectivity index (χ4v) is 3.05. The zero-order chi connectivity index (χ0) is 18.1. The topological polar surface area (TPSA) is 72.5 Å². The highest BCUT2D eigenvalue weighted by atomic mass is 19.4. The molecule has 4 rings (SSSR count). The summed E-state index contributed by atoms with van der Waals surface area (Å²) in [4.78, 5) is 15.5. The summed E-state index contributed by atoms with van der Waals surface area (Å²) in [6.45, 7) is -1.08. The van der Waals surface area contributed by atoms with Crippen LogP contribution < -0.4 is 15.4 Å². The molecule has 1 saturated carbocycles. The van der Waals surface area contributed by atoms with Crippen molar-refractivity contribution < 1.29 is 31.8 Å². The van der Waals surface area contributed by atoms with Crippen LogP contribution in [0.3, 0.4) is 0 Å². The number of pyridine rings is 1. The number of hydrogen-bond acceptors (Lipinski definition) is 4. The van der Waals surface area contributed by atoms with Gasteiger partial charge in [0.1, 0.15) is 5.67 Å². The minimum atomic E-state index is -4.45. The molecule has 3 heterocycles. The Hall–Kier alpha value is -2.10. The number of amides is 2. The Labute approximate surface area is 140 Å². The molecule has 10 heteroatoms. The number of alkyl halides is 4. The lowest BCUT2D eigenvalue weighted by molar-refractivity contribution is -0.154. The van der Waals surface area contributed by atoms with Crippen LogP contribution in [-0.4, -0.2) is 48.2 Å². The van der Waals surface area contributed by atoms with Crippen LogP contribution in [0.15, 0.2) is 18.3 Å². The molecular formula is C15H17F4N3O3. The molecule has 25 heavy (non-hydrogen) atoms. The fraction of sp³-hybridized carbons (Fsp3) is 0.600. The van der Waals surface area contributed by atoms with E-state index in [1.54, 1.807) is 6.07 Å². The lowest BCUT2D eigenvalue weighted by Gasteiger charge is -2.39. The van der Waals surface area contributed by atoms with Gasteiger partial charge in [0.15, 0.2) is 6.61 Å². The first-order chi connectivity index (χ1) is 11.7. The molecule has 1 aromatic rings. The van der Waals surface area contributed by atoms with Gasteiger partial charge in [0.05, 0.1) is 12.2 Å². The van der Waals surface area contributed by atoms with Gasteiger partial charge in [-0.15, -0.1) is 0 Å². The van der Waals surface area contributed by atoms with Gasteiger partial charge in [-0.05, 0) is 11.6 Å². The van der Waals surface area contributed by atoms with Crippen LogP contribution >= 0.6 is 0 Å². The SMILES string of the molecule is O=C(NCc1ccnc(OCC(F)(F)F)c1)NCC12CC(F)(CO1)C2. The summed E-state index contributed by atoms with van der Waals surface area (Å²) in [5.41, 5.74) is -1.33. The van der Waals surface area contributed by atoms with Crippen LogP contribution in [0.4, 0.5) is 22.4 Å². The van der Waals surface area contributed by atoms with Crippen LogP contribution in [0.1, 0.15) is 18.4 Å². The molecule has 2 bridgehead atoms. The second-order valence-electron chi connectivity index (χ2n) is 6.42. The predicted octanol–water partition coefficient (Wildman–Crippen LogP) is 2.09. The van der Waals surface area contributed by atoms with Gasteiger partial charge in [0, 0.05) is 38.2 Å². The van der Waals surface area contributed by atoms with E-state index in [1.165, 1.54) is 12.3 Å². The van der Waals surface area contributed by atoms with Crippen molar-refractivity contribution in [1.29, 1.82) is 0 Å². The molecule has 3 fully saturated rings. The summed E-state index contributed by atoms with van der Waals surface area (Å²) in [5.74, 6) is -0.177. The van der Waals surface area contributed by atoms with E-state index >= 15 is 0 Å². The van der Waals surface area contributed by atoms with E-state index < -0.39 is 30.1 Å². The number of ether oxygens (including phenoxy) is 2. The van der Waals surface area contributed by atoms with E-state index in [9.17, 15) is 22.4 Å². The molecule has 0 spiro atoms. The van der Waals surface area contributed by atoms with Crippen LogP contribution in [0.25, 0.3) is 0 Å². The summed E-state index contributed by atoms with van der Waals surface area (Å²) in [5, 5.41) is 5.17. The molecule has 0 aromatic carbocycles. The zero-order valence-electron chi connectivity index (χ0n) is 13.2. The average Bonchev–Trinajstić information content (AvgIpc) is 3.02. The molecule has 0 atom stereocenters. The second kappa shape index (κ2) is 6.32. The number of aromatic nitrogens is 1. The standard InChI is InChI=1S/C15H17F4N3O3/c16-13-5-14(6-13,25-8-13)7-22-12(23)21-4-10-1-2-20-11(3-10)24-9-15(17,18)19/h1-3H,4-9H2,(H2,21,22,23). The molecule has 3 aliphatic rings. The van der Waals surface area contributed by atoms with Crippen LogP contribution in [-0.2, 0) is 11.3 Å². The molecule has 2 saturated heterocycles. The Balaban J connectivity index is 1.41. The number of rotatable bonds is 6. The Bertz CT molecular complexity index is 647. The predicted molar refractivity (Wildman–Crippen MR) is 77.8 cm³/mol. The Morgan fingerprint density at radius 3 is 2.76 bits per heavy atom. The number of carbonyl (C=O) groups excluding carboxylic acids is 1. The highest BCUT2D eigenvalue weighted by Gasteiger charge is 2.63. The van der Waals surface area contributed by atoms with Crippen molar-refractivity contribution in [2.75, 3.05) is 19.8 Å². The largest absolute Gasteiger partial charge is 0.468 e. The maximum Gasteiger partial charge on any atom is 0.422 e. The summed E-state index contributed by atoms with van der Waals surface area (Å²) in [7, 11) is 0. The van der Waals surface area contributed by atoms with E-state index in [0.717, 1.165) is 0 Å². The van der Waals surface area contributed by atoms with Crippen LogP contribution in [0.2, 0.25) is 0 Å². The fourth-order valence-electron chi connectivity index (χ4n) is 3.05. The average molecular weight is 363 g/mol. The monoisotopic (exact) mass is 363 g/mol. The smallest absolute Gasteiger partial charge is 0.422 e. The number of nitrogens with one attached hydrogen (secondary N) is 2. The Morgan fingerprint density at radius 1 is 1.36 bits per heavy atom. The molecule has 0 radical (unpaired) electrons. The number of hydrogen-bond donors (Lipinski definition) is 2. The van der Waals surface area contributed by atoms with Crippen molar-refractivity contribution in [3.05, 3.63) is 23.9 Å². The van der Waals surface area contributed by atoms with Gasteiger partial charge >= 0.3 is 12.2 Å². The third kappa shape index (κ3) is 4.50. The molecule has 2 amide bonds. The maximum absolute atomic E-state index is 13.6. The highest BCUT2D eigenvalue weighted by molar-refractivity contribution is 5.74. The minimum Gasteiger partial charge on any atom is -0.468 e. The van der Waals surface area contributed by atoms with Crippen molar-refractivity contribution in [2.24, 2.45) is 0 Å². The van der Waals surface area contributed by atoms with E-state index in [4.69, 9.17) is 4.74 Å². The first-order valence-electron chi connectivity index (χ1n) is 7.66. The molecule has 138 valence electrons. The zero-order valence-corrected chi connectivity index (χ0v) is 13.2. The van der Waals surface area contributed by atoms with Gasteiger partial charge in [0.25, 0.3) is 0 Å². The van der Waals surface area contributed by atoms with Gasteiger partial charge in [0.2, 0.25) is 5.88 Å². The van der Waals surface area contributed by atoms with Crippen LogP contribution in [0, 0.1) is 0 Å². The summed E-state index contributed by atoms with van der Waals surface area (Å²) in [6.07, 6.45) is -2.59. The first kappa shape index (κ1) is 17.7. The van der Waals surface area contributed by atoms with Gasteiger partial charge in [-0.2, -0.15) is 13.2 Å². The normalized spacial score (nSPS) is 27.5. The molecule has 1 aliphatic carbocycles. The maximum atomic E-state index is 13.6. The minimum absolute atomic E-state index is 0.0635. The summed E-state index contributed by atoms with van der Waals surface area (Å²) < 4.78 is 59.9. The number of nitrogens with zero attached hydrogens (tertiary/aromatic N) is 1. The molecule has 6 nitrogen and oxygen atoms in total. The number of urea groups is 1. The van der Waals surface area contributed by atoms with Crippen molar-refractivity contribution in [3.63, 3.8) is 0 Å². The van der Waals surface area contributed by atoms with E-state index in [2.05, 4.69) is 20.4 Å². The number of fused-ring (bicyclic) bond motifs is 1. The van der Waals surface area contributed by atoms with Gasteiger partial charge in [-0.3, -0.25) is 0 Å². The number of carbonyl (C=O) groups is 1. The quantitative estimate of drug-likeness (QED) is 0.760. The first-order valence-corrected chi connectivity index (χ1v) is 7.66. The second-order valence-corrected chi connectivity index (χ2v) is 6.42. The van der Waals surface area contributed by atoms with E-state index in [-0.39, 0.29) is 38.4 Å². The summed E-state index contributed by atoms with van der Waals surface area (Å²) in [6, 6.07) is 2.38. The third-order valence-electron chi connectivity index (χ3n) is 4.12. The van der Waals surface area contributed by atoms with Crippen molar-refractivity contribution in [3.8, 4) is 5.88 Å². The highest BCUT2D eigenvalue weighted by Crippen LogP contribution is 2.53. The third-order valence-corrected chi connectivity index (χ3v) is 4.12. The van der Waals surface area contributed by atoms with Gasteiger partial charge in [-0.25, -0.2) is 14.2 Å². The Morgan fingerprint density at radius 2 is 2.12 bits per heavy atom. The molecule has 1 aromatic heterocycles. The lowest BCUT2D eigenvalue weighted by atomic mass is 9.72. The van der Waals surface area contributed by atoms with E-state index in [0.29, 0.717) is 5.56 Å². The lowest BCUT2D eigenvalue weighted by Crippen LogP contribution is -2.54. The summed E-state index contributed by atoms with van der Waals surface area (Å²) >= 11 is 0. The van der Waals surface area contributed by atoms with Gasteiger partial charge < -0.3 is 20.1 Å². The van der Waals surface area contributed by atoms with Gasteiger partial charge in [-0.1, -0.05) is 0 Å². The molecule has 2 aliphatic heterocycles. The Kier molecular flexibility index (Phi) is 4.48. The van der Waals surface area contributed by atoms with E-state index in [1.807, 2.05) is 0 Å². The number of halogens is 4. The van der Waals surface area contributed by atoms with Crippen molar-refractivity contribution in [1.82, 2.24) is 15.6 Å². The molecular weight excluding hydrogens is 346 g/mol.